The van der Waals surface area contributed by atoms with Gasteiger partial charge in [-0.25, -0.2) is 0 Å². The highest BCUT2D eigenvalue weighted by molar-refractivity contribution is 9.10. The lowest BCUT2D eigenvalue weighted by Gasteiger charge is -2.08. The fourth-order valence-corrected chi connectivity index (χ4v) is 2.17. The molecule has 0 radical (unpaired) electrons. The first-order chi connectivity index (χ1) is 5.81. The molecule has 2 nitrogen and oxygen atoms in total. The quantitative estimate of drug-likeness (QED) is 0.568. The molecule has 0 unspecified atom stereocenters. The predicted molar refractivity (Wildman–Crippen MR) is 52.5 cm³/mol. The number of aryl methyl sites for hydroxylation is 1. The maximum atomic E-state index is 5.42. The van der Waals surface area contributed by atoms with Crippen LogP contribution in [0.25, 0.3) is 0 Å². The summed E-state index contributed by atoms with van der Waals surface area (Å²) in [5.41, 5.74) is 5.58. The average Bonchev–Trinajstić information content (AvgIpc) is 2.46. The number of fused-ring (bicyclic) bond motifs is 1. The number of halogens is 1. The van der Waals surface area contributed by atoms with Gasteiger partial charge in [0, 0.05) is 10.5 Å². The smallest absolute Gasteiger partial charge is 0.0465 e. The Hall–Kier alpha value is -0.380. The van der Waals surface area contributed by atoms with Gasteiger partial charge in [0.25, 0.3) is 0 Å². The number of hydrogen-bond acceptors (Lipinski definition) is 2. The van der Waals surface area contributed by atoms with Crippen molar-refractivity contribution in [1.82, 2.24) is 5.43 Å². The van der Waals surface area contributed by atoms with Crippen LogP contribution < -0.4 is 11.3 Å². The second kappa shape index (κ2) is 3.17. The molecule has 0 spiro atoms. The van der Waals surface area contributed by atoms with Crippen molar-refractivity contribution >= 4 is 15.9 Å². The van der Waals surface area contributed by atoms with Gasteiger partial charge in [-0.3, -0.25) is 11.3 Å². The Morgan fingerprint density at radius 2 is 2.33 bits per heavy atom. The van der Waals surface area contributed by atoms with Crippen molar-refractivity contribution in [2.75, 3.05) is 0 Å². The topological polar surface area (TPSA) is 38.0 Å². The number of nitrogens with two attached hydrogens (primary N) is 1. The van der Waals surface area contributed by atoms with Gasteiger partial charge in [0.2, 0.25) is 0 Å². The second-order valence-corrected chi connectivity index (χ2v) is 4.02. The largest absolute Gasteiger partial charge is 0.271 e. The van der Waals surface area contributed by atoms with E-state index in [9.17, 15) is 0 Å². The summed E-state index contributed by atoms with van der Waals surface area (Å²) < 4.78 is 1.15. The van der Waals surface area contributed by atoms with Crippen LogP contribution >= 0.6 is 15.9 Å². The van der Waals surface area contributed by atoms with Crippen molar-refractivity contribution in [3.05, 3.63) is 33.8 Å². The fourth-order valence-electron chi connectivity index (χ4n) is 1.76. The maximum absolute atomic E-state index is 5.42. The molecule has 3 heteroatoms. The lowest BCUT2D eigenvalue weighted by molar-refractivity contribution is 0.551. The maximum Gasteiger partial charge on any atom is 0.0465 e. The summed E-state index contributed by atoms with van der Waals surface area (Å²) in [4.78, 5) is 0. The molecule has 0 saturated heterocycles. The van der Waals surface area contributed by atoms with Gasteiger partial charge in [0.15, 0.2) is 0 Å². The molecular formula is C9H11BrN2. The average molecular weight is 227 g/mol. The normalized spacial score (nSPS) is 21.0. The van der Waals surface area contributed by atoms with Gasteiger partial charge in [-0.15, -0.1) is 0 Å². The van der Waals surface area contributed by atoms with Crippen molar-refractivity contribution < 1.29 is 0 Å². The van der Waals surface area contributed by atoms with Crippen molar-refractivity contribution in [2.24, 2.45) is 5.84 Å². The Morgan fingerprint density at radius 1 is 1.50 bits per heavy atom. The first-order valence-electron chi connectivity index (χ1n) is 4.05. The first-order valence-corrected chi connectivity index (χ1v) is 4.85. The van der Waals surface area contributed by atoms with Crippen LogP contribution in [0.2, 0.25) is 0 Å². The minimum Gasteiger partial charge on any atom is -0.271 e. The van der Waals surface area contributed by atoms with E-state index in [1.165, 1.54) is 11.1 Å². The summed E-state index contributed by atoms with van der Waals surface area (Å²) >= 11 is 3.46. The summed E-state index contributed by atoms with van der Waals surface area (Å²) in [6.45, 7) is 0. The zero-order valence-electron chi connectivity index (χ0n) is 6.68. The van der Waals surface area contributed by atoms with Gasteiger partial charge in [0.1, 0.15) is 0 Å². The minimum absolute atomic E-state index is 0.355. The van der Waals surface area contributed by atoms with E-state index in [0.717, 1.165) is 17.3 Å². The highest BCUT2D eigenvalue weighted by atomic mass is 79.9. The molecule has 0 bridgehead atoms. The Bertz CT molecular complexity index is 299. The second-order valence-electron chi connectivity index (χ2n) is 3.10. The van der Waals surface area contributed by atoms with E-state index >= 15 is 0 Å². The third kappa shape index (κ3) is 1.28. The number of nitrogens with one attached hydrogen (secondary N) is 1. The van der Waals surface area contributed by atoms with E-state index < -0.39 is 0 Å². The Labute approximate surface area is 80.2 Å². The summed E-state index contributed by atoms with van der Waals surface area (Å²) in [6, 6.07) is 6.73. The molecule has 0 saturated carbocycles. The van der Waals surface area contributed by atoms with Crippen molar-refractivity contribution in [3.63, 3.8) is 0 Å². The van der Waals surface area contributed by atoms with Gasteiger partial charge < -0.3 is 0 Å². The lowest BCUT2D eigenvalue weighted by atomic mass is 10.1. The molecule has 2 rings (SSSR count). The molecule has 0 heterocycles. The van der Waals surface area contributed by atoms with Crippen LogP contribution in [0.5, 0.6) is 0 Å². The van der Waals surface area contributed by atoms with Gasteiger partial charge >= 0.3 is 0 Å². The highest BCUT2D eigenvalue weighted by Crippen LogP contribution is 2.32. The van der Waals surface area contributed by atoms with Crippen molar-refractivity contribution in [1.29, 1.82) is 0 Å². The molecule has 0 aromatic heterocycles. The number of hydrogen-bond donors (Lipinski definition) is 2. The molecule has 0 fully saturated rings. The molecule has 1 aliphatic carbocycles. The third-order valence-electron chi connectivity index (χ3n) is 2.38. The van der Waals surface area contributed by atoms with E-state index in [2.05, 4.69) is 39.6 Å². The predicted octanol–water partition coefficient (Wildman–Crippen LogP) is 1.90. The monoisotopic (exact) mass is 226 g/mol. The Kier molecular flexibility index (Phi) is 2.17. The number of benzene rings is 1. The van der Waals surface area contributed by atoms with Crippen molar-refractivity contribution in [2.45, 2.75) is 18.9 Å². The molecule has 1 aromatic carbocycles. The molecule has 64 valence electrons. The molecule has 3 N–H and O–H groups in total. The van der Waals surface area contributed by atoms with E-state index in [0.29, 0.717) is 6.04 Å². The van der Waals surface area contributed by atoms with E-state index in [-0.39, 0.29) is 0 Å². The minimum atomic E-state index is 0.355. The molecule has 12 heavy (non-hydrogen) atoms. The summed E-state index contributed by atoms with van der Waals surface area (Å²) in [5, 5.41) is 0. The van der Waals surface area contributed by atoms with Crippen LogP contribution in [0.1, 0.15) is 23.6 Å². The summed E-state index contributed by atoms with van der Waals surface area (Å²) in [6.07, 6.45) is 2.24. The molecule has 1 aliphatic rings. The summed E-state index contributed by atoms with van der Waals surface area (Å²) in [7, 11) is 0. The number of hydrazine groups is 1. The van der Waals surface area contributed by atoms with E-state index in [1.54, 1.807) is 0 Å². The molecule has 1 aromatic rings. The van der Waals surface area contributed by atoms with Gasteiger partial charge in [0.05, 0.1) is 0 Å². The van der Waals surface area contributed by atoms with Crippen LogP contribution in [0.4, 0.5) is 0 Å². The van der Waals surface area contributed by atoms with Gasteiger partial charge in [-0.1, -0.05) is 22.0 Å². The molecule has 0 aliphatic heterocycles. The highest BCUT2D eigenvalue weighted by Gasteiger charge is 2.20. The lowest BCUT2D eigenvalue weighted by Crippen LogP contribution is -2.26. The Morgan fingerprint density at radius 3 is 3.08 bits per heavy atom. The van der Waals surface area contributed by atoms with E-state index in [4.69, 9.17) is 5.84 Å². The van der Waals surface area contributed by atoms with Crippen LogP contribution in [-0.4, -0.2) is 0 Å². The molecule has 0 amide bonds. The molecular weight excluding hydrogens is 216 g/mol. The zero-order valence-corrected chi connectivity index (χ0v) is 8.26. The van der Waals surface area contributed by atoms with Gasteiger partial charge in [-0.2, -0.15) is 0 Å². The standard InChI is InChI=1S/C9H11BrN2/c10-7-2-3-8-6(5-7)1-4-9(8)12-11/h2-3,5,9,12H,1,4,11H2/t9-/m1/s1. The molecule has 1 atom stereocenters. The van der Waals surface area contributed by atoms with Crippen LogP contribution in [-0.2, 0) is 6.42 Å². The van der Waals surface area contributed by atoms with Crippen molar-refractivity contribution in [3.8, 4) is 0 Å². The zero-order chi connectivity index (χ0) is 8.55. The van der Waals surface area contributed by atoms with Gasteiger partial charge in [-0.05, 0) is 36.1 Å². The Balaban J connectivity index is 2.40. The number of rotatable bonds is 1. The van der Waals surface area contributed by atoms with Crippen LogP contribution in [0, 0.1) is 0 Å². The fraction of sp³-hybridized carbons (Fsp3) is 0.333. The van der Waals surface area contributed by atoms with E-state index in [1.807, 2.05) is 0 Å². The SMILES string of the molecule is NN[C@@H]1CCc2cc(Br)ccc21. The summed E-state index contributed by atoms with van der Waals surface area (Å²) in [5.74, 6) is 5.42. The first kappa shape index (κ1) is 8.23. The van der Waals surface area contributed by atoms with Crippen LogP contribution in [0.3, 0.4) is 0 Å². The third-order valence-corrected chi connectivity index (χ3v) is 2.88. The van der Waals surface area contributed by atoms with Crippen LogP contribution in [0.15, 0.2) is 22.7 Å².